The molecule has 1 heterocycles. The quantitative estimate of drug-likeness (QED) is 0.401. The summed E-state index contributed by atoms with van der Waals surface area (Å²) in [5.74, 6) is -0.945. The second-order valence-electron chi connectivity index (χ2n) is 9.17. The van der Waals surface area contributed by atoms with Crippen LogP contribution in [-0.2, 0) is 10.3 Å². The molecule has 0 spiro atoms. The summed E-state index contributed by atoms with van der Waals surface area (Å²) >= 11 is 0. The Morgan fingerprint density at radius 1 is 1.12 bits per heavy atom. The molecule has 1 fully saturated rings. The predicted molar refractivity (Wildman–Crippen MR) is 133 cm³/mol. The van der Waals surface area contributed by atoms with E-state index >= 15 is 0 Å². The number of nitrogens with one attached hydrogen (secondary N) is 2. The molecule has 3 aromatic rings. The van der Waals surface area contributed by atoms with Crippen molar-refractivity contribution in [1.29, 1.82) is 0 Å². The van der Waals surface area contributed by atoms with Crippen molar-refractivity contribution < 1.29 is 15.0 Å². The first kappa shape index (κ1) is 23.2. The fraction of sp³-hybridized carbons (Fsp3) is 0.370. The van der Waals surface area contributed by atoms with Crippen LogP contribution >= 0.6 is 0 Å². The van der Waals surface area contributed by atoms with Gasteiger partial charge in [-0.3, -0.25) is 10.1 Å². The highest BCUT2D eigenvalue weighted by Crippen LogP contribution is 2.28. The topological polar surface area (TPSA) is 84.8 Å². The number of benzene rings is 3. The highest BCUT2D eigenvalue weighted by Gasteiger charge is 2.28. The Morgan fingerprint density at radius 3 is 2.58 bits per heavy atom. The highest BCUT2D eigenvalue weighted by molar-refractivity contribution is 5.86. The Bertz CT molecular complexity index is 1100. The smallest absolute Gasteiger partial charge is 0.317 e. The SMILES string of the molecule is CC(N[C@H]1CCN(c2ccc(C(C)(CO)NCC(=O)O)cc2)C1)c1cccc2ccccc12. The van der Waals surface area contributed by atoms with Crippen molar-refractivity contribution in [2.45, 2.75) is 37.9 Å². The molecule has 4 N–H and O–H groups in total. The van der Waals surface area contributed by atoms with E-state index in [9.17, 15) is 9.90 Å². The summed E-state index contributed by atoms with van der Waals surface area (Å²) in [7, 11) is 0. The lowest BCUT2D eigenvalue weighted by atomic mass is 9.92. The van der Waals surface area contributed by atoms with Gasteiger partial charge >= 0.3 is 5.97 Å². The lowest BCUT2D eigenvalue weighted by Gasteiger charge is -2.29. The minimum Gasteiger partial charge on any atom is -0.480 e. The van der Waals surface area contributed by atoms with Gasteiger partial charge in [-0.05, 0) is 54.3 Å². The van der Waals surface area contributed by atoms with Gasteiger partial charge in [-0.25, -0.2) is 0 Å². The molecule has 0 amide bonds. The van der Waals surface area contributed by atoms with E-state index in [0.717, 1.165) is 30.8 Å². The maximum absolute atomic E-state index is 10.9. The van der Waals surface area contributed by atoms with Crippen LogP contribution < -0.4 is 15.5 Å². The van der Waals surface area contributed by atoms with Gasteiger partial charge in [-0.1, -0.05) is 54.6 Å². The van der Waals surface area contributed by atoms with Crippen molar-refractivity contribution in [3.8, 4) is 0 Å². The predicted octanol–water partition coefficient (Wildman–Crippen LogP) is 3.65. The second-order valence-corrected chi connectivity index (χ2v) is 9.17. The molecule has 0 aromatic heterocycles. The van der Waals surface area contributed by atoms with Crippen molar-refractivity contribution >= 4 is 22.4 Å². The van der Waals surface area contributed by atoms with E-state index in [1.165, 1.54) is 16.3 Å². The van der Waals surface area contributed by atoms with Crippen LogP contribution in [0.15, 0.2) is 66.7 Å². The number of aliphatic carboxylic acids is 1. The molecule has 2 unspecified atom stereocenters. The van der Waals surface area contributed by atoms with Crippen LogP contribution in [0.25, 0.3) is 10.8 Å². The Balaban J connectivity index is 1.40. The summed E-state index contributed by atoms with van der Waals surface area (Å²) in [4.78, 5) is 13.3. The van der Waals surface area contributed by atoms with Gasteiger partial charge in [0, 0.05) is 30.9 Å². The number of hydrogen-bond acceptors (Lipinski definition) is 5. The van der Waals surface area contributed by atoms with Crippen LogP contribution in [0.4, 0.5) is 5.69 Å². The van der Waals surface area contributed by atoms with Crippen molar-refractivity contribution in [3.05, 3.63) is 77.9 Å². The first-order chi connectivity index (χ1) is 15.9. The fourth-order valence-corrected chi connectivity index (χ4v) is 4.76. The van der Waals surface area contributed by atoms with Crippen LogP contribution in [0.2, 0.25) is 0 Å². The third-order valence-electron chi connectivity index (χ3n) is 6.78. The molecule has 6 heteroatoms. The Morgan fingerprint density at radius 2 is 1.85 bits per heavy atom. The molecule has 6 nitrogen and oxygen atoms in total. The summed E-state index contributed by atoms with van der Waals surface area (Å²) in [6, 6.07) is 23.7. The van der Waals surface area contributed by atoms with Gasteiger partial charge in [0.05, 0.1) is 18.7 Å². The lowest BCUT2D eigenvalue weighted by molar-refractivity contribution is -0.136. The van der Waals surface area contributed by atoms with E-state index < -0.39 is 11.5 Å². The zero-order chi connectivity index (χ0) is 23.4. The van der Waals surface area contributed by atoms with Gasteiger partial charge in [0.15, 0.2) is 0 Å². The van der Waals surface area contributed by atoms with Crippen molar-refractivity contribution in [2.75, 3.05) is 31.1 Å². The average molecular weight is 448 g/mol. The number of anilines is 1. The normalized spacial score (nSPS) is 18.9. The molecule has 0 saturated carbocycles. The first-order valence-corrected chi connectivity index (χ1v) is 11.6. The first-order valence-electron chi connectivity index (χ1n) is 11.6. The number of aliphatic hydroxyl groups excluding tert-OH is 1. The molecule has 3 aromatic carbocycles. The molecule has 0 aliphatic carbocycles. The van der Waals surface area contributed by atoms with Gasteiger partial charge in [-0.2, -0.15) is 0 Å². The number of carboxylic acids is 1. The number of nitrogens with zero attached hydrogens (tertiary/aromatic N) is 1. The number of rotatable bonds is 9. The van der Waals surface area contributed by atoms with Crippen LogP contribution in [0.3, 0.4) is 0 Å². The zero-order valence-corrected chi connectivity index (χ0v) is 19.3. The van der Waals surface area contributed by atoms with Crippen LogP contribution in [0.5, 0.6) is 0 Å². The van der Waals surface area contributed by atoms with E-state index in [-0.39, 0.29) is 19.2 Å². The molecule has 0 bridgehead atoms. The number of carbonyl (C=O) groups is 1. The standard InChI is InChI=1S/C27H33N3O3/c1-19(24-9-5-7-20-6-3-4-8-25(20)24)29-22-14-15-30(17-22)23-12-10-21(11-13-23)27(2,18-31)28-16-26(32)33/h3-13,19,22,28-29,31H,14-18H2,1-2H3,(H,32,33)/t19?,22-,27?/m0/s1. The minimum atomic E-state index is -0.945. The maximum atomic E-state index is 10.9. The van der Waals surface area contributed by atoms with E-state index in [2.05, 4.69) is 77.1 Å². The lowest BCUT2D eigenvalue weighted by Crippen LogP contribution is -2.45. The number of hydrogen-bond donors (Lipinski definition) is 4. The monoisotopic (exact) mass is 447 g/mol. The van der Waals surface area contributed by atoms with E-state index in [0.29, 0.717) is 6.04 Å². The largest absolute Gasteiger partial charge is 0.480 e. The third-order valence-corrected chi connectivity index (χ3v) is 6.78. The Labute approximate surface area is 195 Å². The molecule has 1 aliphatic heterocycles. The fourth-order valence-electron chi connectivity index (χ4n) is 4.76. The zero-order valence-electron chi connectivity index (χ0n) is 19.3. The molecule has 174 valence electrons. The van der Waals surface area contributed by atoms with Gasteiger partial charge < -0.3 is 20.4 Å². The Kier molecular flexibility index (Phi) is 6.98. The summed E-state index contributed by atoms with van der Waals surface area (Å²) < 4.78 is 0. The third kappa shape index (κ3) is 5.19. The van der Waals surface area contributed by atoms with Crippen molar-refractivity contribution in [2.24, 2.45) is 0 Å². The van der Waals surface area contributed by atoms with Gasteiger partial charge in [0.25, 0.3) is 0 Å². The minimum absolute atomic E-state index is 0.179. The summed E-state index contributed by atoms with van der Waals surface area (Å²) in [5.41, 5.74) is 2.54. The molecule has 3 atom stereocenters. The van der Waals surface area contributed by atoms with Crippen LogP contribution in [-0.4, -0.2) is 48.5 Å². The van der Waals surface area contributed by atoms with Crippen LogP contribution in [0.1, 0.15) is 37.4 Å². The van der Waals surface area contributed by atoms with Crippen molar-refractivity contribution in [3.63, 3.8) is 0 Å². The molecule has 1 aliphatic rings. The maximum Gasteiger partial charge on any atom is 0.317 e. The molecule has 33 heavy (non-hydrogen) atoms. The van der Waals surface area contributed by atoms with E-state index in [1.54, 1.807) is 0 Å². The number of aliphatic hydroxyl groups is 1. The Hall–Kier alpha value is -2.93. The highest BCUT2D eigenvalue weighted by atomic mass is 16.4. The average Bonchev–Trinajstić information content (AvgIpc) is 3.30. The van der Waals surface area contributed by atoms with Crippen LogP contribution in [0, 0.1) is 0 Å². The van der Waals surface area contributed by atoms with E-state index in [1.807, 2.05) is 19.1 Å². The number of carboxylic acid groups (broad SMARTS) is 1. The molecular formula is C27H33N3O3. The van der Waals surface area contributed by atoms with Gasteiger partial charge in [0.2, 0.25) is 0 Å². The summed E-state index contributed by atoms with van der Waals surface area (Å²) in [5, 5.41) is 28.1. The van der Waals surface area contributed by atoms with E-state index in [4.69, 9.17) is 5.11 Å². The second kappa shape index (κ2) is 9.91. The molecule has 1 saturated heterocycles. The summed E-state index contributed by atoms with van der Waals surface area (Å²) in [6.07, 6.45) is 1.07. The summed E-state index contributed by atoms with van der Waals surface area (Å²) in [6.45, 7) is 5.58. The molecular weight excluding hydrogens is 414 g/mol. The van der Waals surface area contributed by atoms with Crippen molar-refractivity contribution in [1.82, 2.24) is 10.6 Å². The molecule has 0 radical (unpaired) electrons. The van der Waals surface area contributed by atoms with Gasteiger partial charge in [0.1, 0.15) is 0 Å². The van der Waals surface area contributed by atoms with Gasteiger partial charge in [-0.15, -0.1) is 0 Å². The molecule has 4 rings (SSSR count). The number of fused-ring (bicyclic) bond motifs is 1.